The summed E-state index contributed by atoms with van der Waals surface area (Å²) >= 11 is 0. The number of nitrogens with one attached hydrogen (secondary N) is 3. The summed E-state index contributed by atoms with van der Waals surface area (Å²) in [5.41, 5.74) is 17.2. The molecular weight excluding hydrogens is 1100 g/mol. The van der Waals surface area contributed by atoms with Crippen LogP contribution in [-0.4, -0.2) is 144 Å². The molecular formula is C66H76N14O7. The zero-order valence-electron chi connectivity index (χ0n) is 49.3. The summed E-state index contributed by atoms with van der Waals surface area (Å²) in [6.07, 6.45) is 3.46. The first-order chi connectivity index (χ1) is 41.2. The fourth-order valence-corrected chi connectivity index (χ4v) is 11.0. The summed E-state index contributed by atoms with van der Waals surface area (Å²) in [4.78, 5) is 63.9. The highest BCUT2D eigenvalue weighted by Crippen LogP contribution is 2.44. The van der Waals surface area contributed by atoms with Crippen molar-refractivity contribution in [3.05, 3.63) is 132 Å². The van der Waals surface area contributed by atoms with Crippen LogP contribution in [0.15, 0.2) is 106 Å². The Hall–Kier alpha value is -9.70. The van der Waals surface area contributed by atoms with Gasteiger partial charge in [-0.25, -0.2) is 24.7 Å². The second kappa shape index (κ2) is 27.6. The minimum absolute atomic E-state index is 0. The lowest BCUT2D eigenvalue weighted by atomic mass is 9.99. The number of aromatic nitrogens is 10. The summed E-state index contributed by atoms with van der Waals surface area (Å²) in [7, 11) is 3.25. The van der Waals surface area contributed by atoms with Gasteiger partial charge in [0.05, 0.1) is 69.9 Å². The number of aromatic carboxylic acids is 1. The third-order valence-corrected chi connectivity index (χ3v) is 15.3. The van der Waals surface area contributed by atoms with Crippen molar-refractivity contribution in [1.29, 1.82) is 0 Å². The first-order valence-electron chi connectivity index (χ1n) is 28.3. The summed E-state index contributed by atoms with van der Waals surface area (Å²) in [5, 5.41) is 25.9. The topological polar surface area (TPSA) is 278 Å². The van der Waals surface area contributed by atoms with Gasteiger partial charge < -0.3 is 54.4 Å². The molecule has 8 heterocycles. The molecule has 87 heavy (non-hydrogen) atoms. The van der Waals surface area contributed by atoms with Crippen molar-refractivity contribution >= 4 is 77.6 Å². The van der Waals surface area contributed by atoms with Crippen LogP contribution in [0.3, 0.4) is 0 Å². The highest BCUT2D eigenvalue weighted by atomic mass is 16.5. The van der Waals surface area contributed by atoms with Gasteiger partial charge in [0.25, 0.3) is 5.91 Å². The maximum absolute atomic E-state index is 13.4. The molecule has 0 bridgehead atoms. The number of rotatable bonds is 17. The number of nitrogens with two attached hydrogens (primary N) is 1. The van der Waals surface area contributed by atoms with Crippen LogP contribution < -0.4 is 20.5 Å². The van der Waals surface area contributed by atoms with E-state index < -0.39 is 5.97 Å². The van der Waals surface area contributed by atoms with Gasteiger partial charge in [-0.2, -0.15) is 0 Å². The molecule has 6 N–H and O–H groups in total. The Morgan fingerprint density at radius 2 is 1.02 bits per heavy atom. The van der Waals surface area contributed by atoms with E-state index >= 15 is 0 Å². The average Bonchev–Trinajstić information content (AvgIpc) is 1.67. The van der Waals surface area contributed by atoms with Crippen LogP contribution in [0.2, 0.25) is 0 Å². The Morgan fingerprint density at radius 1 is 0.586 bits per heavy atom. The zero-order valence-corrected chi connectivity index (χ0v) is 49.3. The SMILES string of the molecule is C.C.CCN(CC)CCN.CCN(CC)CCNC(=O)c1nc(-c2ccnc3ccccc23)c2c(n1)[nH]c1cc(-c3c(C)noc3C)c(OC)cc12.COc1cc2c(cc1-c1c(C)noc1C)[nH]c1nc(C(=O)O)nc(-c3ccnc4ccccc34)c12. The Balaban J connectivity index is 0.000000199. The first-order valence-corrected chi connectivity index (χ1v) is 28.3. The van der Waals surface area contributed by atoms with Crippen molar-refractivity contribution < 1.29 is 33.2 Å². The van der Waals surface area contributed by atoms with Gasteiger partial charge in [-0.3, -0.25) is 14.8 Å². The molecule has 0 fully saturated rings. The van der Waals surface area contributed by atoms with E-state index in [-0.39, 0.29) is 32.4 Å². The molecule has 0 radical (unpaired) electrons. The number of likely N-dealkylation sites (N-methyl/N-ethyl adjacent to an activating group) is 2. The quantitative estimate of drug-likeness (QED) is 0.0566. The van der Waals surface area contributed by atoms with E-state index in [9.17, 15) is 14.7 Å². The maximum atomic E-state index is 13.4. The number of hydrogen-bond acceptors (Lipinski definition) is 17. The van der Waals surface area contributed by atoms with E-state index in [1.807, 2.05) is 113 Å². The predicted molar refractivity (Wildman–Crippen MR) is 345 cm³/mol. The molecule has 0 aliphatic rings. The van der Waals surface area contributed by atoms with Crippen molar-refractivity contribution in [3.8, 4) is 56.3 Å². The number of para-hydroxylation sites is 2. The summed E-state index contributed by atoms with van der Waals surface area (Å²) in [6, 6.07) is 27.2. The normalized spacial score (nSPS) is 11.2. The maximum Gasteiger partial charge on any atom is 0.374 e. The van der Waals surface area contributed by atoms with Gasteiger partial charge in [0.2, 0.25) is 11.6 Å². The number of methoxy groups -OCH3 is 2. The number of hydrogen-bond donors (Lipinski definition) is 5. The largest absolute Gasteiger partial charge is 0.496 e. The number of aromatic amines is 2. The van der Waals surface area contributed by atoms with E-state index in [0.29, 0.717) is 57.6 Å². The molecule has 0 atom stereocenters. The second-order valence-corrected chi connectivity index (χ2v) is 20.2. The van der Waals surface area contributed by atoms with Crippen LogP contribution in [-0.2, 0) is 0 Å². The van der Waals surface area contributed by atoms with E-state index in [1.165, 1.54) is 0 Å². The Labute approximate surface area is 504 Å². The Kier molecular flexibility index (Phi) is 20.1. The van der Waals surface area contributed by atoms with Crippen LogP contribution >= 0.6 is 0 Å². The number of carboxylic acids is 1. The van der Waals surface area contributed by atoms with Gasteiger partial charge in [0.15, 0.2) is 0 Å². The molecule has 0 unspecified atom stereocenters. The monoisotopic (exact) mass is 1180 g/mol. The number of aryl methyl sites for hydroxylation is 4. The molecule has 452 valence electrons. The minimum Gasteiger partial charge on any atom is -0.496 e. The van der Waals surface area contributed by atoms with Crippen molar-refractivity contribution in [2.75, 3.05) is 66.6 Å². The fraction of sp³-hybridized carbons (Fsp3) is 0.303. The number of benzene rings is 4. The smallest absolute Gasteiger partial charge is 0.374 e. The van der Waals surface area contributed by atoms with Crippen molar-refractivity contribution in [2.45, 2.75) is 70.2 Å². The Bertz CT molecular complexity index is 4370. The van der Waals surface area contributed by atoms with Gasteiger partial charge in [0, 0.05) is 93.4 Å². The van der Waals surface area contributed by atoms with Gasteiger partial charge in [-0.1, -0.05) is 89.3 Å². The van der Waals surface area contributed by atoms with Crippen LogP contribution in [0.4, 0.5) is 0 Å². The van der Waals surface area contributed by atoms with Crippen LogP contribution in [0, 0.1) is 27.7 Å². The van der Waals surface area contributed by atoms with E-state index in [0.717, 1.165) is 140 Å². The van der Waals surface area contributed by atoms with Crippen LogP contribution in [0.25, 0.3) is 110 Å². The van der Waals surface area contributed by atoms with Crippen LogP contribution in [0.1, 0.15) is 86.7 Å². The van der Waals surface area contributed by atoms with Gasteiger partial charge >= 0.3 is 5.97 Å². The lowest BCUT2D eigenvalue weighted by molar-refractivity contribution is 0.0683. The molecule has 21 nitrogen and oxygen atoms in total. The molecule has 8 aromatic heterocycles. The fourth-order valence-electron chi connectivity index (χ4n) is 11.0. The molecule has 21 heteroatoms. The van der Waals surface area contributed by atoms with Crippen molar-refractivity contribution in [1.82, 2.24) is 65.3 Å². The highest BCUT2D eigenvalue weighted by Gasteiger charge is 2.26. The number of nitrogens with zero attached hydrogens (tertiary/aromatic N) is 10. The molecule has 4 aromatic carbocycles. The molecule has 12 rings (SSSR count). The zero-order chi connectivity index (χ0) is 60.1. The van der Waals surface area contributed by atoms with Crippen molar-refractivity contribution in [2.24, 2.45) is 5.73 Å². The predicted octanol–water partition coefficient (Wildman–Crippen LogP) is 12.5. The number of amides is 1. The molecule has 12 aromatic rings. The lowest BCUT2D eigenvalue weighted by Gasteiger charge is -2.17. The first kappa shape index (κ1) is 63.3. The number of pyridine rings is 2. The van der Waals surface area contributed by atoms with Gasteiger partial charge in [-0.05, 0) is 102 Å². The molecule has 0 aliphatic carbocycles. The number of carbonyl (C=O) groups excluding carboxylic acids is 1. The summed E-state index contributed by atoms with van der Waals surface area (Å²) < 4.78 is 22.4. The Morgan fingerprint density at radius 3 is 1.43 bits per heavy atom. The van der Waals surface area contributed by atoms with E-state index in [2.05, 4.69) is 83.0 Å². The lowest BCUT2D eigenvalue weighted by Crippen LogP contribution is -2.35. The summed E-state index contributed by atoms with van der Waals surface area (Å²) in [5.74, 6) is 0.944. The third kappa shape index (κ3) is 12.5. The van der Waals surface area contributed by atoms with Crippen molar-refractivity contribution in [3.63, 3.8) is 0 Å². The van der Waals surface area contributed by atoms with Gasteiger partial charge in [-0.15, -0.1) is 0 Å². The molecule has 0 spiro atoms. The second-order valence-electron chi connectivity index (χ2n) is 20.2. The average molecular weight is 1180 g/mol. The number of carbonyl (C=O) groups is 2. The number of ether oxygens (including phenoxy) is 2. The molecule has 0 aliphatic heterocycles. The third-order valence-electron chi connectivity index (χ3n) is 15.3. The number of H-pyrrole nitrogens is 2. The van der Waals surface area contributed by atoms with Gasteiger partial charge in [0.1, 0.15) is 34.3 Å². The molecule has 1 amide bonds. The summed E-state index contributed by atoms with van der Waals surface area (Å²) in [6.45, 7) is 23.2. The highest BCUT2D eigenvalue weighted by molar-refractivity contribution is 6.18. The molecule has 0 saturated carbocycles. The number of fused-ring (bicyclic) bond motifs is 8. The molecule has 0 saturated heterocycles. The number of carboxylic acid groups (broad SMARTS) is 1. The van der Waals surface area contributed by atoms with E-state index in [4.69, 9.17) is 34.2 Å². The van der Waals surface area contributed by atoms with E-state index in [1.54, 1.807) is 26.6 Å². The minimum atomic E-state index is -1.21. The standard InChI is InChI=1S/C32H33N7O3.C26H19N5O4.C6H16N2.2CH4/c1-6-39(7-2)15-14-34-32(40)31-36-29(21-12-13-33-24-11-9-8-10-20(21)24)28-22-17-26(41-5)23(16-25(22)35-30(28)37-31)27-18(3)38-42-19(27)4;1-12-21(13(2)35-31-12)17-10-19-16(11-20(17)34-3)22-23(29-25(26(32)33)30-24(22)28-19)15-8-9-27-18-7-5-4-6-14(15)18;1-3-8(4-2)6-5-7;;/h8-13,16-17H,6-7,14-15H2,1-5H3,(H,34,40)(H,35,36,37);4-11H,1-3H3,(H,32,33)(H,28,29,30);3-7H2,1-2H3;2*1H4. The van der Waals surface area contributed by atoms with Crippen LogP contribution in [0.5, 0.6) is 11.5 Å².